The second-order valence-corrected chi connectivity index (χ2v) is 11.8. The van der Waals surface area contributed by atoms with Crippen molar-refractivity contribution in [1.29, 1.82) is 0 Å². The summed E-state index contributed by atoms with van der Waals surface area (Å²) in [5, 5.41) is 26.6. The van der Waals surface area contributed by atoms with E-state index in [1.54, 1.807) is 21.6 Å². The normalized spacial score (nSPS) is 10.8. The third-order valence-electron chi connectivity index (χ3n) is 5.60. The van der Waals surface area contributed by atoms with Gasteiger partial charge >= 0.3 is 11.9 Å². The lowest BCUT2D eigenvalue weighted by atomic mass is 10.0. The molecular formula is C27H54O5S2. The fraction of sp³-hybridized carbons (Fsp3) is 0.926. The number of hydrogen-bond donors (Lipinski definition) is 3. The van der Waals surface area contributed by atoms with Crippen LogP contribution in [0.5, 0.6) is 0 Å². The molecule has 0 unspecified atom stereocenters. The number of aliphatic hydroxyl groups is 1. The third-order valence-corrected chi connectivity index (χ3v) is 8.18. The van der Waals surface area contributed by atoms with Gasteiger partial charge in [-0.05, 0) is 25.7 Å². The van der Waals surface area contributed by atoms with Crippen LogP contribution in [0, 0.1) is 0 Å². The Morgan fingerprint density at radius 3 is 1.21 bits per heavy atom. The maximum atomic E-state index is 10.1. The fourth-order valence-electron chi connectivity index (χ4n) is 3.50. The summed E-state index contributed by atoms with van der Waals surface area (Å²) in [5.74, 6) is 0.0941. The standard InChI is InChI=1S/C19H40O.C8H14O4S2/c1-3-5-7-9-11-13-15-17-19(20)18-16-14-12-10-8-6-4-2;9-7(10)3-1-5-13-14-6-2-4-8(11)12/h19-20H,3-18H2,1-2H3;1-6H2,(H,9,10)(H,11,12). The molecule has 5 nitrogen and oxygen atoms in total. The van der Waals surface area contributed by atoms with Crippen LogP contribution in [0.15, 0.2) is 0 Å². The van der Waals surface area contributed by atoms with Gasteiger partial charge in [-0.15, -0.1) is 0 Å². The number of unbranched alkanes of at least 4 members (excludes halogenated alkanes) is 12. The van der Waals surface area contributed by atoms with Gasteiger partial charge < -0.3 is 15.3 Å². The van der Waals surface area contributed by atoms with Crippen LogP contribution in [-0.4, -0.2) is 44.9 Å². The van der Waals surface area contributed by atoms with Crippen molar-refractivity contribution in [2.24, 2.45) is 0 Å². The van der Waals surface area contributed by atoms with E-state index < -0.39 is 11.9 Å². The summed E-state index contributed by atoms with van der Waals surface area (Å²) in [6, 6.07) is 0. The van der Waals surface area contributed by atoms with Crippen molar-refractivity contribution >= 4 is 33.5 Å². The van der Waals surface area contributed by atoms with Gasteiger partial charge in [-0.3, -0.25) is 9.59 Å². The lowest BCUT2D eigenvalue weighted by Crippen LogP contribution is -2.05. The molecule has 0 atom stereocenters. The minimum absolute atomic E-state index is 0.0266. The van der Waals surface area contributed by atoms with Gasteiger partial charge in [0.1, 0.15) is 0 Å². The van der Waals surface area contributed by atoms with E-state index in [-0.39, 0.29) is 18.9 Å². The monoisotopic (exact) mass is 522 g/mol. The van der Waals surface area contributed by atoms with Crippen molar-refractivity contribution in [3.8, 4) is 0 Å². The van der Waals surface area contributed by atoms with E-state index in [4.69, 9.17) is 10.2 Å². The molecule has 0 aliphatic carbocycles. The molecule has 0 aromatic heterocycles. The van der Waals surface area contributed by atoms with Crippen LogP contribution >= 0.6 is 21.6 Å². The number of aliphatic carboxylic acids is 2. The fourth-order valence-corrected chi connectivity index (χ4v) is 5.68. The van der Waals surface area contributed by atoms with E-state index in [1.165, 1.54) is 89.9 Å². The van der Waals surface area contributed by atoms with Gasteiger partial charge in [0.2, 0.25) is 0 Å². The predicted molar refractivity (Wildman–Crippen MR) is 150 cm³/mol. The van der Waals surface area contributed by atoms with Crippen molar-refractivity contribution in [3.63, 3.8) is 0 Å². The summed E-state index contributed by atoms with van der Waals surface area (Å²) >= 11 is 0. The number of carbonyl (C=O) groups is 2. The molecule has 0 aliphatic rings. The first-order valence-corrected chi connectivity index (χ1v) is 16.3. The van der Waals surface area contributed by atoms with Crippen LogP contribution in [-0.2, 0) is 9.59 Å². The number of carboxylic acids is 2. The third kappa shape index (κ3) is 36.2. The Hall–Kier alpha value is -0.400. The number of hydrogen-bond acceptors (Lipinski definition) is 5. The number of aliphatic hydroxyl groups excluding tert-OH is 1. The zero-order valence-electron chi connectivity index (χ0n) is 22.1. The van der Waals surface area contributed by atoms with E-state index in [9.17, 15) is 14.7 Å². The van der Waals surface area contributed by atoms with E-state index >= 15 is 0 Å². The Labute approximate surface area is 218 Å². The molecule has 0 aromatic rings. The summed E-state index contributed by atoms with van der Waals surface area (Å²) in [7, 11) is 3.21. The molecule has 0 bridgehead atoms. The second kappa shape index (κ2) is 30.6. The van der Waals surface area contributed by atoms with E-state index in [0.29, 0.717) is 12.8 Å². The van der Waals surface area contributed by atoms with Gasteiger partial charge in [-0.1, -0.05) is 125 Å². The topological polar surface area (TPSA) is 94.8 Å². The van der Waals surface area contributed by atoms with Crippen LogP contribution in [0.25, 0.3) is 0 Å². The van der Waals surface area contributed by atoms with Crippen molar-refractivity contribution in [3.05, 3.63) is 0 Å². The van der Waals surface area contributed by atoms with Crippen molar-refractivity contribution in [2.45, 2.75) is 148 Å². The predicted octanol–water partition coefficient (Wildman–Crippen LogP) is 8.73. The zero-order chi connectivity index (χ0) is 25.7. The summed E-state index contributed by atoms with van der Waals surface area (Å²) in [6.07, 6.45) is 22.6. The summed E-state index contributed by atoms with van der Waals surface area (Å²) < 4.78 is 0. The van der Waals surface area contributed by atoms with Gasteiger partial charge in [0, 0.05) is 24.3 Å². The molecule has 34 heavy (non-hydrogen) atoms. The average Bonchev–Trinajstić information content (AvgIpc) is 2.79. The maximum absolute atomic E-state index is 10.1. The quantitative estimate of drug-likeness (QED) is 0.0814. The van der Waals surface area contributed by atoms with Gasteiger partial charge in [0.05, 0.1) is 6.10 Å². The molecule has 0 amide bonds. The average molecular weight is 523 g/mol. The Bertz CT molecular complexity index is 397. The van der Waals surface area contributed by atoms with Gasteiger partial charge in [-0.2, -0.15) is 0 Å². The van der Waals surface area contributed by atoms with Crippen molar-refractivity contribution in [1.82, 2.24) is 0 Å². The summed E-state index contributed by atoms with van der Waals surface area (Å²) in [4.78, 5) is 20.3. The van der Waals surface area contributed by atoms with Crippen molar-refractivity contribution < 1.29 is 24.9 Å². The van der Waals surface area contributed by atoms with Crippen LogP contribution in [0.4, 0.5) is 0 Å². The maximum Gasteiger partial charge on any atom is 0.303 e. The molecule has 0 fully saturated rings. The number of rotatable bonds is 25. The smallest absolute Gasteiger partial charge is 0.303 e. The molecule has 0 aromatic carbocycles. The first-order chi connectivity index (χ1) is 16.4. The van der Waals surface area contributed by atoms with Gasteiger partial charge in [0.25, 0.3) is 0 Å². The lowest BCUT2D eigenvalue weighted by molar-refractivity contribution is -0.138. The molecule has 204 valence electrons. The summed E-state index contributed by atoms with van der Waals surface area (Å²) in [6.45, 7) is 4.53. The van der Waals surface area contributed by atoms with Crippen LogP contribution in [0.2, 0.25) is 0 Å². The van der Waals surface area contributed by atoms with Crippen molar-refractivity contribution in [2.75, 3.05) is 11.5 Å². The zero-order valence-corrected chi connectivity index (χ0v) is 23.7. The Balaban J connectivity index is 0. The first kappa shape index (κ1) is 35.8. The molecule has 0 saturated carbocycles. The van der Waals surface area contributed by atoms with Gasteiger partial charge in [-0.25, -0.2) is 0 Å². The minimum atomic E-state index is -0.763. The highest BCUT2D eigenvalue weighted by molar-refractivity contribution is 8.76. The largest absolute Gasteiger partial charge is 0.481 e. The van der Waals surface area contributed by atoms with Crippen LogP contribution < -0.4 is 0 Å². The van der Waals surface area contributed by atoms with Crippen LogP contribution in [0.3, 0.4) is 0 Å². The lowest BCUT2D eigenvalue weighted by Gasteiger charge is -2.10. The minimum Gasteiger partial charge on any atom is -0.481 e. The second-order valence-electron chi connectivity index (χ2n) is 9.11. The summed E-state index contributed by atoms with van der Waals surface area (Å²) in [5.41, 5.74) is 0. The molecule has 0 spiro atoms. The van der Waals surface area contributed by atoms with E-state index in [0.717, 1.165) is 24.3 Å². The highest BCUT2D eigenvalue weighted by Gasteiger charge is 2.03. The molecule has 0 radical (unpaired) electrons. The molecule has 0 rings (SSSR count). The highest BCUT2D eigenvalue weighted by atomic mass is 33.1. The van der Waals surface area contributed by atoms with E-state index in [2.05, 4.69) is 13.8 Å². The number of carboxylic acid groups (broad SMARTS) is 2. The Morgan fingerprint density at radius 1 is 0.559 bits per heavy atom. The van der Waals surface area contributed by atoms with Gasteiger partial charge in [0.15, 0.2) is 0 Å². The van der Waals surface area contributed by atoms with Crippen LogP contribution in [0.1, 0.15) is 142 Å². The molecule has 3 N–H and O–H groups in total. The Morgan fingerprint density at radius 2 is 0.882 bits per heavy atom. The molecular weight excluding hydrogens is 468 g/mol. The van der Waals surface area contributed by atoms with E-state index in [1.807, 2.05) is 0 Å². The first-order valence-electron chi connectivity index (χ1n) is 13.8. The molecule has 0 aliphatic heterocycles. The molecule has 0 saturated heterocycles. The molecule has 0 heterocycles. The highest BCUT2D eigenvalue weighted by Crippen LogP contribution is 2.23. The Kier molecular flexibility index (Phi) is 32.2. The SMILES string of the molecule is CCCCCCCCCC(O)CCCCCCCCC.O=C(O)CCCSSCCCC(=O)O. The molecule has 7 heteroatoms.